The first-order valence-electron chi connectivity index (χ1n) is 8.68. The van der Waals surface area contributed by atoms with E-state index in [1.54, 1.807) is 18.2 Å². The highest BCUT2D eigenvalue weighted by Gasteiger charge is 2.15. The SMILES string of the molecule is COc1ccccc1CN(C)C(=O)CSc1nccn1-c1ccccc1C. The summed E-state index contributed by atoms with van der Waals surface area (Å²) < 4.78 is 7.39. The molecule has 0 saturated carbocycles. The van der Waals surface area contributed by atoms with Gasteiger partial charge in [0.15, 0.2) is 5.16 Å². The molecule has 1 heterocycles. The van der Waals surface area contributed by atoms with Crippen LogP contribution in [0, 0.1) is 6.92 Å². The highest BCUT2D eigenvalue weighted by atomic mass is 32.2. The topological polar surface area (TPSA) is 47.4 Å². The number of rotatable bonds is 7. The van der Waals surface area contributed by atoms with Gasteiger partial charge in [-0.1, -0.05) is 48.2 Å². The van der Waals surface area contributed by atoms with Crippen LogP contribution in [0.3, 0.4) is 0 Å². The molecule has 5 nitrogen and oxygen atoms in total. The number of thioether (sulfide) groups is 1. The van der Waals surface area contributed by atoms with Gasteiger partial charge in [-0.2, -0.15) is 0 Å². The van der Waals surface area contributed by atoms with E-state index in [1.807, 2.05) is 54.2 Å². The number of aromatic nitrogens is 2. The normalized spacial score (nSPS) is 10.6. The molecule has 0 fully saturated rings. The summed E-state index contributed by atoms with van der Waals surface area (Å²) >= 11 is 1.44. The fourth-order valence-corrected chi connectivity index (χ4v) is 3.73. The van der Waals surface area contributed by atoms with Gasteiger partial charge in [-0.25, -0.2) is 4.98 Å². The number of para-hydroxylation sites is 2. The van der Waals surface area contributed by atoms with Gasteiger partial charge in [-0.15, -0.1) is 0 Å². The van der Waals surface area contributed by atoms with Gasteiger partial charge in [-0.05, 0) is 24.6 Å². The number of nitrogens with zero attached hydrogens (tertiary/aromatic N) is 3. The summed E-state index contributed by atoms with van der Waals surface area (Å²) in [5, 5.41) is 0.809. The lowest BCUT2D eigenvalue weighted by molar-refractivity contribution is -0.127. The smallest absolute Gasteiger partial charge is 0.233 e. The van der Waals surface area contributed by atoms with Crippen LogP contribution in [-0.2, 0) is 11.3 Å². The highest BCUT2D eigenvalue weighted by Crippen LogP contribution is 2.23. The van der Waals surface area contributed by atoms with Crippen molar-refractivity contribution in [3.05, 3.63) is 72.1 Å². The number of ether oxygens (including phenoxy) is 1. The number of methoxy groups -OCH3 is 1. The molecule has 0 unspecified atom stereocenters. The second-order valence-electron chi connectivity index (χ2n) is 6.22. The van der Waals surface area contributed by atoms with E-state index in [2.05, 4.69) is 24.0 Å². The molecule has 2 aromatic carbocycles. The van der Waals surface area contributed by atoms with Crippen LogP contribution < -0.4 is 4.74 Å². The van der Waals surface area contributed by atoms with Gasteiger partial charge >= 0.3 is 0 Å². The van der Waals surface area contributed by atoms with E-state index in [9.17, 15) is 4.79 Å². The van der Waals surface area contributed by atoms with Gasteiger partial charge in [0, 0.05) is 31.5 Å². The van der Waals surface area contributed by atoms with Crippen LogP contribution in [0.25, 0.3) is 5.69 Å². The molecule has 3 aromatic rings. The van der Waals surface area contributed by atoms with Crippen molar-refractivity contribution in [2.75, 3.05) is 19.9 Å². The third-order valence-electron chi connectivity index (χ3n) is 4.33. The lowest BCUT2D eigenvalue weighted by Gasteiger charge is -2.19. The maximum atomic E-state index is 12.6. The van der Waals surface area contributed by atoms with E-state index >= 15 is 0 Å². The Kier molecular flexibility index (Phi) is 6.19. The Morgan fingerprint density at radius 1 is 1.19 bits per heavy atom. The minimum Gasteiger partial charge on any atom is -0.496 e. The van der Waals surface area contributed by atoms with E-state index in [-0.39, 0.29) is 5.91 Å². The Hall–Kier alpha value is -2.73. The average molecular weight is 382 g/mol. The quantitative estimate of drug-likeness (QED) is 0.582. The van der Waals surface area contributed by atoms with Crippen molar-refractivity contribution >= 4 is 17.7 Å². The number of benzene rings is 2. The third kappa shape index (κ3) is 4.52. The number of carbonyl (C=O) groups excluding carboxylic acids is 1. The van der Waals surface area contributed by atoms with E-state index in [0.717, 1.165) is 27.7 Å². The molecule has 3 rings (SSSR count). The Balaban J connectivity index is 1.65. The van der Waals surface area contributed by atoms with Gasteiger partial charge in [-0.3, -0.25) is 9.36 Å². The minimum atomic E-state index is 0.0465. The molecule has 140 valence electrons. The van der Waals surface area contributed by atoms with Crippen LogP contribution in [0.2, 0.25) is 0 Å². The average Bonchev–Trinajstić information content (AvgIpc) is 3.15. The molecule has 0 radical (unpaired) electrons. The minimum absolute atomic E-state index is 0.0465. The van der Waals surface area contributed by atoms with Crippen LogP contribution >= 0.6 is 11.8 Å². The van der Waals surface area contributed by atoms with Gasteiger partial charge < -0.3 is 9.64 Å². The molecule has 0 atom stereocenters. The molecule has 0 N–H and O–H groups in total. The summed E-state index contributed by atoms with van der Waals surface area (Å²) in [6.45, 7) is 2.57. The first kappa shape index (κ1) is 19.0. The number of imidazole rings is 1. The van der Waals surface area contributed by atoms with Gasteiger partial charge in [0.25, 0.3) is 0 Å². The summed E-state index contributed by atoms with van der Waals surface area (Å²) in [5.74, 6) is 1.17. The van der Waals surface area contributed by atoms with Gasteiger partial charge in [0.2, 0.25) is 5.91 Å². The molecule has 0 spiro atoms. The van der Waals surface area contributed by atoms with E-state index < -0.39 is 0 Å². The predicted octanol–water partition coefficient (Wildman–Crippen LogP) is 3.94. The molecule has 0 aliphatic rings. The van der Waals surface area contributed by atoms with Crippen molar-refractivity contribution < 1.29 is 9.53 Å². The number of carbonyl (C=O) groups is 1. The Bertz CT molecular complexity index is 923. The lowest BCUT2D eigenvalue weighted by Crippen LogP contribution is -2.28. The zero-order valence-electron chi connectivity index (χ0n) is 15.8. The molecule has 6 heteroatoms. The van der Waals surface area contributed by atoms with Crippen molar-refractivity contribution in [1.82, 2.24) is 14.5 Å². The molecule has 1 amide bonds. The number of hydrogen-bond acceptors (Lipinski definition) is 4. The lowest BCUT2D eigenvalue weighted by atomic mass is 10.2. The molecular formula is C21H23N3O2S. The highest BCUT2D eigenvalue weighted by molar-refractivity contribution is 7.99. The third-order valence-corrected chi connectivity index (χ3v) is 5.28. The molecule has 0 aliphatic heterocycles. The molecule has 0 saturated heterocycles. The van der Waals surface area contributed by atoms with Crippen LogP contribution in [0.5, 0.6) is 5.75 Å². The van der Waals surface area contributed by atoms with Crippen molar-refractivity contribution in [3.8, 4) is 11.4 Å². The molecular weight excluding hydrogens is 358 g/mol. The molecule has 1 aromatic heterocycles. The van der Waals surface area contributed by atoms with Crippen molar-refractivity contribution in [3.63, 3.8) is 0 Å². The summed E-state index contributed by atoms with van der Waals surface area (Å²) in [5.41, 5.74) is 3.23. The summed E-state index contributed by atoms with van der Waals surface area (Å²) in [7, 11) is 3.45. The fourth-order valence-electron chi connectivity index (χ4n) is 2.83. The van der Waals surface area contributed by atoms with E-state index in [1.165, 1.54) is 11.8 Å². The number of hydrogen-bond donors (Lipinski definition) is 0. The second kappa shape index (κ2) is 8.77. The molecule has 27 heavy (non-hydrogen) atoms. The first-order chi connectivity index (χ1) is 13.1. The first-order valence-corrected chi connectivity index (χ1v) is 9.66. The van der Waals surface area contributed by atoms with Crippen LogP contribution in [-0.4, -0.2) is 40.3 Å². The maximum absolute atomic E-state index is 12.6. The Labute approximate surface area is 164 Å². The number of amides is 1. The standard InChI is InChI=1S/C21H23N3O2S/c1-16-8-4-6-10-18(16)24-13-12-22-21(24)27-15-20(25)23(2)14-17-9-5-7-11-19(17)26-3/h4-13H,14-15H2,1-3H3. The second-order valence-corrected chi connectivity index (χ2v) is 7.16. The largest absolute Gasteiger partial charge is 0.496 e. The zero-order chi connectivity index (χ0) is 19.2. The number of aryl methyl sites for hydroxylation is 1. The van der Waals surface area contributed by atoms with Crippen molar-refractivity contribution in [2.24, 2.45) is 0 Å². The van der Waals surface area contributed by atoms with Crippen LogP contribution in [0.4, 0.5) is 0 Å². The van der Waals surface area contributed by atoms with Crippen molar-refractivity contribution in [1.29, 1.82) is 0 Å². The van der Waals surface area contributed by atoms with Gasteiger partial charge in [0.05, 0.1) is 18.6 Å². The monoisotopic (exact) mass is 381 g/mol. The Morgan fingerprint density at radius 2 is 1.93 bits per heavy atom. The fraction of sp³-hybridized carbons (Fsp3) is 0.238. The molecule has 0 bridgehead atoms. The zero-order valence-corrected chi connectivity index (χ0v) is 16.6. The summed E-state index contributed by atoms with van der Waals surface area (Å²) in [4.78, 5) is 18.7. The van der Waals surface area contributed by atoms with Crippen LogP contribution in [0.1, 0.15) is 11.1 Å². The Morgan fingerprint density at radius 3 is 2.70 bits per heavy atom. The predicted molar refractivity (Wildman–Crippen MR) is 108 cm³/mol. The summed E-state index contributed by atoms with van der Waals surface area (Å²) in [6, 6.07) is 15.9. The van der Waals surface area contributed by atoms with E-state index in [0.29, 0.717) is 12.3 Å². The van der Waals surface area contributed by atoms with Crippen LogP contribution in [0.15, 0.2) is 66.1 Å². The maximum Gasteiger partial charge on any atom is 0.233 e. The molecule has 0 aliphatic carbocycles. The van der Waals surface area contributed by atoms with E-state index in [4.69, 9.17) is 4.74 Å². The van der Waals surface area contributed by atoms with Crippen molar-refractivity contribution in [2.45, 2.75) is 18.6 Å². The summed E-state index contributed by atoms with van der Waals surface area (Å²) in [6.07, 6.45) is 3.69. The van der Waals surface area contributed by atoms with Gasteiger partial charge in [0.1, 0.15) is 5.75 Å².